The Kier molecular flexibility index (Phi) is 4.11. The second kappa shape index (κ2) is 5.15. The van der Waals surface area contributed by atoms with Crippen LogP contribution in [0.25, 0.3) is 0 Å². The van der Waals surface area contributed by atoms with Crippen molar-refractivity contribution in [3.63, 3.8) is 0 Å². The highest BCUT2D eigenvalue weighted by molar-refractivity contribution is 6.35. The van der Waals surface area contributed by atoms with E-state index in [2.05, 4.69) is 9.98 Å². The largest absolute Gasteiger partial charge is 0.369 e. The van der Waals surface area contributed by atoms with Crippen molar-refractivity contribution in [1.29, 1.82) is 5.26 Å². The minimum atomic E-state index is 0.121. The van der Waals surface area contributed by atoms with Gasteiger partial charge in [0.2, 0.25) is 0 Å². The highest BCUT2D eigenvalue weighted by Gasteiger charge is 2.13. The molecule has 0 aliphatic rings. The number of aliphatic imine (C=N–C) groups is 1. The first-order valence-electron chi connectivity index (χ1n) is 4.43. The van der Waals surface area contributed by atoms with Crippen LogP contribution in [0, 0.1) is 18.3 Å². The SMILES string of the molecule is Cc1c(Cl)c(/N=C/N(C)C)nc(Cl)c1C#N. The van der Waals surface area contributed by atoms with Crippen LogP contribution in [-0.4, -0.2) is 30.3 Å². The van der Waals surface area contributed by atoms with E-state index in [1.807, 2.05) is 20.2 Å². The van der Waals surface area contributed by atoms with Gasteiger partial charge in [-0.25, -0.2) is 9.98 Å². The maximum absolute atomic E-state index is 8.85. The van der Waals surface area contributed by atoms with Crippen LogP contribution in [0.15, 0.2) is 4.99 Å². The van der Waals surface area contributed by atoms with Crippen LogP contribution in [0.4, 0.5) is 5.82 Å². The minimum Gasteiger partial charge on any atom is -0.369 e. The minimum absolute atomic E-state index is 0.121. The van der Waals surface area contributed by atoms with Crippen molar-refractivity contribution < 1.29 is 0 Å². The van der Waals surface area contributed by atoms with Gasteiger partial charge in [-0.05, 0) is 12.5 Å². The second-order valence-electron chi connectivity index (χ2n) is 3.36. The van der Waals surface area contributed by atoms with Crippen molar-refractivity contribution >= 4 is 35.4 Å². The summed E-state index contributed by atoms with van der Waals surface area (Å²) in [5, 5.41) is 9.32. The Balaban J connectivity index is 3.30. The molecule has 0 saturated heterocycles. The first kappa shape index (κ1) is 12.8. The van der Waals surface area contributed by atoms with Crippen molar-refractivity contribution in [3.8, 4) is 6.07 Å². The summed E-state index contributed by atoms with van der Waals surface area (Å²) >= 11 is 11.9. The zero-order valence-corrected chi connectivity index (χ0v) is 10.6. The molecule has 0 saturated carbocycles. The number of rotatable bonds is 2. The van der Waals surface area contributed by atoms with Crippen molar-refractivity contribution in [2.75, 3.05) is 14.1 Å². The average Bonchev–Trinajstić information content (AvgIpc) is 2.22. The van der Waals surface area contributed by atoms with Gasteiger partial charge in [-0.15, -0.1) is 0 Å². The highest BCUT2D eigenvalue weighted by atomic mass is 35.5. The number of nitrogens with zero attached hydrogens (tertiary/aromatic N) is 4. The van der Waals surface area contributed by atoms with Gasteiger partial charge < -0.3 is 4.90 Å². The van der Waals surface area contributed by atoms with Gasteiger partial charge in [-0.1, -0.05) is 23.2 Å². The van der Waals surface area contributed by atoms with Crippen LogP contribution in [0.3, 0.4) is 0 Å². The Labute approximate surface area is 104 Å². The summed E-state index contributed by atoms with van der Waals surface area (Å²) in [4.78, 5) is 9.78. The first-order valence-corrected chi connectivity index (χ1v) is 5.19. The fraction of sp³-hybridized carbons (Fsp3) is 0.300. The number of pyridine rings is 1. The molecule has 0 N–H and O–H groups in total. The maximum Gasteiger partial charge on any atom is 0.174 e. The van der Waals surface area contributed by atoms with Gasteiger partial charge >= 0.3 is 0 Å². The fourth-order valence-electron chi connectivity index (χ4n) is 1.02. The molecule has 6 heteroatoms. The summed E-state index contributed by atoms with van der Waals surface area (Å²) in [7, 11) is 3.66. The van der Waals surface area contributed by atoms with E-state index in [9.17, 15) is 0 Å². The molecule has 4 nitrogen and oxygen atoms in total. The molecule has 1 rings (SSSR count). The Morgan fingerprint density at radius 3 is 2.56 bits per heavy atom. The van der Waals surface area contributed by atoms with Gasteiger partial charge in [0.15, 0.2) is 5.82 Å². The standard InChI is InChI=1S/C10H10Cl2N4/c1-6-7(4-13)9(12)15-10(8(6)11)14-5-16(2)3/h5H,1-3H3/b14-5+. The van der Waals surface area contributed by atoms with E-state index in [4.69, 9.17) is 28.5 Å². The van der Waals surface area contributed by atoms with E-state index >= 15 is 0 Å². The topological polar surface area (TPSA) is 52.3 Å². The molecule has 0 bridgehead atoms. The molecular formula is C10H10Cl2N4. The molecule has 0 aromatic carbocycles. The smallest absolute Gasteiger partial charge is 0.174 e. The lowest BCUT2D eigenvalue weighted by molar-refractivity contribution is 0.643. The third-order valence-electron chi connectivity index (χ3n) is 1.83. The lowest BCUT2D eigenvalue weighted by Crippen LogP contribution is -2.07. The monoisotopic (exact) mass is 256 g/mol. The quantitative estimate of drug-likeness (QED) is 0.465. The molecule has 1 heterocycles. The summed E-state index contributed by atoms with van der Waals surface area (Å²) < 4.78 is 0. The number of hydrogen-bond acceptors (Lipinski definition) is 3. The van der Waals surface area contributed by atoms with Crippen molar-refractivity contribution in [3.05, 3.63) is 21.3 Å². The molecule has 0 unspecified atom stereocenters. The third kappa shape index (κ3) is 2.63. The van der Waals surface area contributed by atoms with Gasteiger partial charge in [-0.3, -0.25) is 0 Å². The van der Waals surface area contributed by atoms with Gasteiger partial charge in [-0.2, -0.15) is 5.26 Å². The first-order chi connectivity index (χ1) is 7.47. The zero-order chi connectivity index (χ0) is 12.3. The van der Waals surface area contributed by atoms with Gasteiger partial charge in [0, 0.05) is 14.1 Å². The fourth-order valence-corrected chi connectivity index (χ4v) is 1.47. The van der Waals surface area contributed by atoms with E-state index in [0.717, 1.165) is 0 Å². The molecule has 0 fully saturated rings. The molecular weight excluding hydrogens is 247 g/mol. The molecule has 0 atom stereocenters. The van der Waals surface area contributed by atoms with E-state index in [1.54, 1.807) is 18.2 Å². The number of nitriles is 1. The molecule has 0 spiro atoms. The van der Waals surface area contributed by atoms with Crippen molar-refractivity contribution in [2.24, 2.45) is 4.99 Å². The Morgan fingerprint density at radius 2 is 2.06 bits per heavy atom. The summed E-state index contributed by atoms with van der Waals surface area (Å²) in [5.74, 6) is 0.317. The van der Waals surface area contributed by atoms with Crippen LogP contribution < -0.4 is 0 Å². The van der Waals surface area contributed by atoms with Crippen LogP contribution in [0.5, 0.6) is 0 Å². The highest BCUT2D eigenvalue weighted by Crippen LogP contribution is 2.31. The lowest BCUT2D eigenvalue weighted by atomic mass is 10.2. The predicted molar refractivity (Wildman–Crippen MR) is 65.5 cm³/mol. The number of halogens is 2. The van der Waals surface area contributed by atoms with E-state index in [-0.39, 0.29) is 10.7 Å². The summed E-state index contributed by atoms with van der Waals surface area (Å²) in [6.45, 7) is 1.71. The normalized spacial score (nSPS) is 10.5. The van der Waals surface area contributed by atoms with Crippen LogP contribution >= 0.6 is 23.2 Å². The molecule has 0 aliphatic carbocycles. The van der Waals surface area contributed by atoms with Crippen LogP contribution in [0.1, 0.15) is 11.1 Å². The van der Waals surface area contributed by atoms with Crippen molar-refractivity contribution in [1.82, 2.24) is 9.88 Å². The summed E-state index contributed by atoms with van der Waals surface area (Å²) in [6, 6.07) is 1.96. The molecule has 0 aliphatic heterocycles. The van der Waals surface area contributed by atoms with Crippen LogP contribution in [-0.2, 0) is 0 Å². The molecule has 1 aromatic heterocycles. The molecule has 1 aromatic rings. The predicted octanol–water partition coefficient (Wildman–Crippen LogP) is 2.79. The Hall–Kier alpha value is -1.31. The number of hydrogen-bond donors (Lipinski definition) is 0. The Bertz CT molecular complexity index is 475. The average molecular weight is 257 g/mol. The van der Waals surface area contributed by atoms with Gasteiger partial charge in [0.25, 0.3) is 0 Å². The van der Waals surface area contributed by atoms with Crippen molar-refractivity contribution in [2.45, 2.75) is 6.92 Å². The zero-order valence-electron chi connectivity index (χ0n) is 9.12. The maximum atomic E-state index is 8.85. The van der Waals surface area contributed by atoms with Crippen LogP contribution in [0.2, 0.25) is 10.2 Å². The van der Waals surface area contributed by atoms with E-state index in [0.29, 0.717) is 16.4 Å². The lowest BCUT2D eigenvalue weighted by Gasteiger charge is -2.07. The molecule has 16 heavy (non-hydrogen) atoms. The molecule has 0 amide bonds. The van der Waals surface area contributed by atoms with E-state index in [1.165, 1.54) is 0 Å². The molecule has 0 radical (unpaired) electrons. The Morgan fingerprint density at radius 1 is 1.44 bits per heavy atom. The summed E-state index contributed by atoms with van der Waals surface area (Å²) in [6.07, 6.45) is 1.57. The molecule has 84 valence electrons. The third-order valence-corrected chi connectivity index (χ3v) is 2.56. The van der Waals surface area contributed by atoms with E-state index < -0.39 is 0 Å². The van der Waals surface area contributed by atoms with Gasteiger partial charge in [0.1, 0.15) is 11.2 Å². The number of aromatic nitrogens is 1. The second-order valence-corrected chi connectivity index (χ2v) is 4.10. The van der Waals surface area contributed by atoms with Gasteiger partial charge in [0.05, 0.1) is 16.9 Å². The summed E-state index contributed by atoms with van der Waals surface area (Å²) in [5.41, 5.74) is 0.880.